The summed E-state index contributed by atoms with van der Waals surface area (Å²) in [5.74, 6) is -1.41. The standard InChI is InChI=1S/C15H13ClF2O/c16-13-6-3-4-10(15(13)18)8-11(9-19)12-5-1-2-7-14(12)17/h1-7,11,19H,8-9H2. The topological polar surface area (TPSA) is 20.2 Å². The van der Waals surface area contributed by atoms with Crippen molar-refractivity contribution >= 4 is 11.6 Å². The van der Waals surface area contributed by atoms with Crippen LogP contribution < -0.4 is 0 Å². The molecule has 0 spiro atoms. The van der Waals surface area contributed by atoms with Crippen LogP contribution in [0.25, 0.3) is 0 Å². The summed E-state index contributed by atoms with van der Waals surface area (Å²) < 4.78 is 27.5. The fraction of sp³-hybridized carbons (Fsp3) is 0.200. The van der Waals surface area contributed by atoms with E-state index in [4.69, 9.17) is 11.6 Å². The van der Waals surface area contributed by atoms with Gasteiger partial charge in [0.25, 0.3) is 0 Å². The first-order valence-electron chi connectivity index (χ1n) is 5.91. The molecule has 2 aromatic rings. The van der Waals surface area contributed by atoms with Crippen LogP contribution in [0.2, 0.25) is 5.02 Å². The Morgan fingerprint density at radius 2 is 1.79 bits per heavy atom. The zero-order valence-electron chi connectivity index (χ0n) is 10.1. The third-order valence-corrected chi connectivity index (χ3v) is 3.36. The van der Waals surface area contributed by atoms with E-state index < -0.39 is 17.6 Å². The molecule has 100 valence electrons. The number of hydrogen-bond acceptors (Lipinski definition) is 1. The van der Waals surface area contributed by atoms with Gasteiger partial charge >= 0.3 is 0 Å². The quantitative estimate of drug-likeness (QED) is 0.901. The minimum absolute atomic E-state index is 0.0303. The molecule has 0 fully saturated rings. The normalized spacial score (nSPS) is 12.4. The van der Waals surface area contributed by atoms with Crippen molar-refractivity contribution in [3.05, 3.63) is 70.2 Å². The van der Waals surface area contributed by atoms with Crippen LogP contribution in [0.3, 0.4) is 0 Å². The van der Waals surface area contributed by atoms with Gasteiger partial charge in [-0.2, -0.15) is 0 Å². The van der Waals surface area contributed by atoms with E-state index in [-0.39, 0.29) is 18.1 Å². The third-order valence-electron chi connectivity index (χ3n) is 3.06. The number of halogens is 3. The van der Waals surface area contributed by atoms with Crippen LogP contribution in [0.15, 0.2) is 42.5 Å². The van der Waals surface area contributed by atoms with Crippen LogP contribution in [0.1, 0.15) is 17.0 Å². The highest BCUT2D eigenvalue weighted by atomic mass is 35.5. The van der Waals surface area contributed by atoms with E-state index in [2.05, 4.69) is 0 Å². The van der Waals surface area contributed by atoms with E-state index in [1.54, 1.807) is 30.3 Å². The lowest BCUT2D eigenvalue weighted by atomic mass is 9.92. The molecule has 19 heavy (non-hydrogen) atoms. The van der Waals surface area contributed by atoms with Gasteiger partial charge in [-0.1, -0.05) is 41.9 Å². The molecular formula is C15H13ClF2O. The highest BCUT2D eigenvalue weighted by Gasteiger charge is 2.17. The lowest BCUT2D eigenvalue weighted by molar-refractivity contribution is 0.261. The summed E-state index contributed by atoms with van der Waals surface area (Å²) in [4.78, 5) is 0. The number of rotatable bonds is 4. The first-order chi connectivity index (χ1) is 9.13. The molecule has 2 aromatic carbocycles. The summed E-state index contributed by atoms with van der Waals surface area (Å²) in [6.45, 7) is -0.257. The maximum Gasteiger partial charge on any atom is 0.144 e. The molecule has 0 aliphatic heterocycles. The predicted molar refractivity (Wildman–Crippen MR) is 71.3 cm³/mol. The van der Waals surface area contributed by atoms with Gasteiger partial charge in [0.05, 0.1) is 11.6 Å². The molecule has 0 aliphatic rings. The van der Waals surface area contributed by atoms with Gasteiger partial charge in [-0.3, -0.25) is 0 Å². The molecule has 0 radical (unpaired) electrons. The highest BCUT2D eigenvalue weighted by molar-refractivity contribution is 6.30. The van der Waals surface area contributed by atoms with E-state index in [1.165, 1.54) is 12.1 Å². The van der Waals surface area contributed by atoms with Crippen molar-refractivity contribution in [1.82, 2.24) is 0 Å². The molecule has 0 bridgehead atoms. The Labute approximate surface area is 115 Å². The molecule has 0 aromatic heterocycles. The van der Waals surface area contributed by atoms with Gasteiger partial charge in [0.2, 0.25) is 0 Å². The maximum absolute atomic E-state index is 13.8. The lowest BCUT2D eigenvalue weighted by Gasteiger charge is -2.16. The Morgan fingerprint density at radius 3 is 2.47 bits per heavy atom. The van der Waals surface area contributed by atoms with Gasteiger partial charge in [-0.25, -0.2) is 8.78 Å². The number of benzene rings is 2. The summed E-state index contributed by atoms with van der Waals surface area (Å²) in [6, 6.07) is 10.9. The maximum atomic E-state index is 13.8. The average Bonchev–Trinajstić information content (AvgIpc) is 2.41. The van der Waals surface area contributed by atoms with Crippen LogP contribution in [0, 0.1) is 11.6 Å². The lowest BCUT2D eigenvalue weighted by Crippen LogP contribution is -2.10. The molecule has 1 nitrogen and oxygen atoms in total. The van der Waals surface area contributed by atoms with Gasteiger partial charge in [0.15, 0.2) is 0 Å². The van der Waals surface area contributed by atoms with Crippen molar-refractivity contribution in [2.45, 2.75) is 12.3 Å². The molecule has 1 N–H and O–H groups in total. The van der Waals surface area contributed by atoms with Crippen LogP contribution in [0.5, 0.6) is 0 Å². The molecule has 2 rings (SSSR count). The smallest absolute Gasteiger partial charge is 0.144 e. The van der Waals surface area contributed by atoms with Crippen LogP contribution in [-0.4, -0.2) is 11.7 Å². The Morgan fingerprint density at radius 1 is 1.05 bits per heavy atom. The zero-order valence-corrected chi connectivity index (χ0v) is 10.9. The highest BCUT2D eigenvalue weighted by Crippen LogP contribution is 2.26. The van der Waals surface area contributed by atoms with Crippen LogP contribution in [0.4, 0.5) is 8.78 Å². The fourth-order valence-corrected chi connectivity index (χ4v) is 2.24. The second-order valence-electron chi connectivity index (χ2n) is 4.32. The molecule has 1 atom stereocenters. The van der Waals surface area contributed by atoms with Gasteiger partial charge < -0.3 is 5.11 Å². The number of aliphatic hydroxyl groups excluding tert-OH is 1. The van der Waals surface area contributed by atoms with Gasteiger partial charge in [-0.15, -0.1) is 0 Å². The molecule has 1 unspecified atom stereocenters. The van der Waals surface area contributed by atoms with Crippen molar-refractivity contribution in [1.29, 1.82) is 0 Å². The Kier molecular flexibility index (Phi) is 4.51. The average molecular weight is 283 g/mol. The Bertz CT molecular complexity index is 572. The number of aliphatic hydroxyl groups is 1. The summed E-state index contributed by atoms with van der Waals surface area (Å²) in [5, 5.41) is 9.43. The van der Waals surface area contributed by atoms with Crippen LogP contribution >= 0.6 is 11.6 Å². The van der Waals surface area contributed by atoms with E-state index in [1.807, 2.05) is 0 Å². The SMILES string of the molecule is OCC(Cc1cccc(Cl)c1F)c1ccccc1F. The predicted octanol–water partition coefficient (Wildman–Crippen LogP) is 3.94. The second kappa shape index (κ2) is 6.13. The zero-order chi connectivity index (χ0) is 13.8. The molecule has 0 amide bonds. The molecule has 0 heterocycles. The van der Waals surface area contributed by atoms with E-state index >= 15 is 0 Å². The van der Waals surface area contributed by atoms with Crippen molar-refractivity contribution in [3.63, 3.8) is 0 Å². The van der Waals surface area contributed by atoms with Crippen molar-refractivity contribution in [2.24, 2.45) is 0 Å². The molecule has 0 saturated heterocycles. The summed E-state index contributed by atoms with van der Waals surface area (Å²) in [5.41, 5.74) is 0.749. The summed E-state index contributed by atoms with van der Waals surface area (Å²) >= 11 is 5.71. The molecular weight excluding hydrogens is 270 g/mol. The van der Waals surface area contributed by atoms with Gasteiger partial charge in [0, 0.05) is 5.92 Å². The second-order valence-corrected chi connectivity index (χ2v) is 4.73. The Balaban J connectivity index is 2.30. The van der Waals surface area contributed by atoms with Gasteiger partial charge in [-0.05, 0) is 29.7 Å². The van der Waals surface area contributed by atoms with Crippen LogP contribution in [-0.2, 0) is 6.42 Å². The summed E-state index contributed by atoms with van der Waals surface area (Å²) in [7, 11) is 0. The van der Waals surface area contributed by atoms with Crippen molar-refractivity contribution < 1.29 is 13.9 Å². The fourth-order valence-electron chi connectivity index (χ4n) is 2.05. The Hall–Kier alpha value is -1.45. The largest absolute Gasteiger partial charge is 0.396 e. The van der Waals surface area contributed by atoms with Crippen molar-refractivity contribution in [2.75, 3.05) is 6.61 Å². The molecule has 4 heteroatoms. The number of hydrogen-bond donors (Lipinski definition) is 1. The van der Waals surface area contributed by atoms with E-state index in [0.29, 0.717) is 11.1 Å². The summed E-state index contributed by atoms with van der Waals surface area (Å²) in [6.07, 6.45) is 0.198. The molecule has 0 saturated carbocycles. The van der Waals surface area contributed by atoms with E-state index in [9.17, 15) is 13.9 Å². The minimum atomic E-state index is -0.515. The van der Waals surface area contributed by atoms with Crippen molar-refractivity contribution in [3.8, 4) is 0 Å². The van der Waals surface area contributed by atoms with E-state index in [0.717, 1.165) is 0 Å². The first-order valence-corrected chi connectivity index (χ1v) is 6.29. The monoisotopic (exact) mass is 282 g/mol. The van der Waals surface area contributed by atoms with Gasteiger partial charge in [0.1, 0.15) is 11.6 Å². The third kappa shape index (κ3) is 3.11. The minimum Gasteiger partial charge on any atom is -0.396 e. The first kappa shape index (κ1) is 14.0. The molecule has 0 aliphatic carbocycles.